The minimum atomic E-state index is 0.990. The van der Waals surface area contributed by atoms with Gasteiger partial charge in [-0.1, -0.05) is 13.5 Å². The van der Waals surface area contributed by atoms with Crippen LogP contribution in [0.2, 0.25) is 0 Å². The molecule has 0 atom stereocenters. The third-order valence-electron chi connectivity index (χ3n) is 2.45. The van der Waals surface area contributed by atoms with Crippen LogP contribution in [0.25, 0.3) is 0 Å². The van der Waals surface area contributed by atoms with E-state index in [1.165, 1.54) is 37.9 Å². The number of rotatable bonds is 6. The van der Waals surface area contributed by atoms with Gasteiger partial charge in [0.05, 0.1) is 0 Å². The lowest BCUT2D eigenvalue weighted by Gasteiger charge is -2.16. The van der Waals surface area contributed by atoms with Crippen LogP contribution in [0.15, 0.2) is 12.2 Å². The van der Waals surface area contributed by atoms with Crippen LogP contribution in [-0.4, -0.2) is 37.6 Å². The van der Waals surface area contributed by atoms with Crippen LogP contribution in [0.1, 0.15) is 26.2 Å². The number of nitrogens with one attached hydrogen (secondary N) is 1. The Morgan fingerprint density at radius 2 is 2.08 bits per heavy atom. The predicted octanol–water partition coefficient (Wildman–Crippen LogP) is 1.64. The largest absolute Gasteiger partial charge is 0.313 e. The Bertz CT molecular complexity index is 148. The summed E-state index contributed by atoms with van der Waals surface area (Å²) in [5.41, 5.74) is 1.33. The molecule has 76 valence electrons. The third kappa shape index (κ3) is 4.44. The Morgan fingerprint density at radius 3 is 2.69 bits per heavy atom. The van der Waals surface area contributed by atoms with Crippen molar-refractivity contribution in [1.29, 1.82) is 0 Å². The van der Waals surface area contributed by atoms with E-state index in [4.69, 9.17) is 0 Å². The smallest absolute Gasteiger partial charge is 0.0202 e. The highest BCUT2D eigenvalue weighted by molar-refractivity contribution is 5.00. The molecule has 1 saturated heterocycles. The van der Waals surface area contributed by atoms with Crippen LogP contribution in [0.4, 0.5) is 0 Å². The average molecular weight is 182 g/mol. The monoisotopic (exact) mass is 182 g/mol. The van der Waals surface area contributed by atoms with Crippen molar-refractivity contribution < 1.29 is 0 Å². The van der Waals surface area contributed by atoms with Gasteiger partial charge >= 0.3 is 0 Å². The van der Waals surface area contributed by atoms with Gasteiger partial charge in [0.1, 0.15) is 0 Å². The summed E-state index contributed by atoms with van der Waals surface area (Å²) < 4.78 is 0. The Labute approximate surface area is 82.0 Å². The number of hydrogen-bond donors (Lipinski definition) is 1. The molecular weight excluding hydrogens is 160 g/mol. The van der Waals surface area contributed by atoms with Crippen molar-refractivity contribution in [3.05, 3.63) is 12.2 Å². The van der Waals surface area contributed by atoms with E-state index in [9.17, 15) is 0 Å². The molecule has 0 unspecified atom stereocenters. The summed E-state index contributed by atoms with van der Waals surface area (Å²) in [4.78, 5) is 2.50. The minimum Gasteiger partial charge on any atom is -0.313 e. The highest BCUT2D eigenvalue weighted by Crippen LogP contribution is 2.08. The first kappa shape index (κ1) is 10.7. The van der Waals surface area contributed by atoms with Gasteiger partial charge in [-0.3, -0.25) is 4.90 Å². The van der Waals surface area contributed by atoms with Crippen LogP contribution in [0.5, 0.6) is 0 Å². The van der Waals surface area contributed by atoms with Gasteiger partial charge in [-0.25, -0.2) is 0 Å². The fourth-order valence-corrected chi connectivity index (χ4v) is 1.75. The molecule has 0 saturated carbocycles. The van der Waals surface area contributed by atoms with E-state index in [0.717, 1.165) is 19.6 Å². The third-order valence-corrected chi connectivity index (χ3v) is 2.45. The average Bonchev–Trinajstić information content (AvgIpc) is 2.57. The quantitative estimate of drug-likeness (QED) is 0.496. The molecular formula is C11H22N2. The molecule has 0 aromatic rings. The molecule has 1 rings (SSSR count). The van der Waals surface area contributed by atoms with Crippen molar-refractivity contribution in [1.82, 2.24) is 10.2 Å². The van der Waals surface area contributed by atoms with E-state index in [2.05, 4.69) is 23.7 Å². The molecule has 1 N–H and O–H groups in total. The topological polar surface area (TPSA) is 15.3 Å². The second-order valence-corrected chi connectivity index (χ2v) is 3.91. The van der Waals surface area contributed by atoms with Crippen LogP contribution in [0, 0.1) is 0 Å². The SMILES string of the molecule is C=C(CNCCC)CN1CCCC1. The van der Waals surface area contributed by atoms with Gasteiger partial charge in [0, 0.05) is 13.1 Å². The molecule has 0 aliphatic carbocycles. The zero-order valence-corrected chi connectivity index (χ0v) is 8.81. The molecule has 1 aliphatic heterocycles. The van der Waals surface area contributed by atoms with E-state index in [0.29, 0.717) is 0 Å². The maximum Gasteiger partial charge on any atom is 0.0202 e. The first-order valence-electron chi connectivity index (χ1n) is 5.42. The van der Waals surface area contributed by atoms with Gasteiger partial charge in [-0.15, -0.1) is 0 Å². The van der Waals surface area contributed by atoms with E-state index in [1.807, 2.05) is 0 Å². The molecule has 1 aliphatic rings. The number of nitrogens with zero attached hydrogens (tertiary/aromatic N) is 1. The zero-order chi connectivity index (χ0) is 9.52. The molecule has 0 aromatic heterocycles. The first-order valence-corrected chi connectivity index (χ1v) is 5.42. The lowest BCUT2D eigenvalue weighted by atomic mass is 10.3. The Balaban J connectivity index is 2.02. The highest BCUT2D eigenvalue weighted by atomic mass is 15.1. The fraction of sp³-hybridized carbons (Fsp3) is 0.818. The van der Waals surface area contributed by atoms with Crippen LogP contribution >= 0.6 is 0 Å². The Hall–Kier alpha value is -0.340. The van der Waals surface area contributed by atoms with E-state index < -0.39 is 0 Å². The highest BCUT2D eigenvalue weighted by Gasteiger charge is 2.11. The van der Waals surface area contributed by atoms with Crippen molar-refractivity contribution in [2.45, 2.75) is 26.2 Å². The van der Waals surface area contributed by atoms with Gasteiger partial charge in [0.15, 0.2) is 0 Å². The van der Waals surface area contributed by atoms with Crippen LogP contribution in [-0.2, 0) is 0 Å². The first-order chi connectivity index (χ1) is 6.33. The van der Waals surface area contributed by atoms with Crippen LogP contribution < -0.4 is 5.32 Å². The van der Waals surface area contributed by atoms with Gasteiger partial charge in [0.2, 0.25) is 0 Å². The van der Waals surface area contributed by atoms with Crippen molar-refractivity contribution in [2.24, 2.45) is 0 Å². The summed E-state index contributed by atoms with van der Waals surface area (Å²) in [6.07, 6.45) is 3.95. The minimum absolute atomic E-state index is 0.990. The molecule has 0 radical (unpaired) electrons. The Morgan fingerprint density at radius 1 is 1.38 bits per heavy atom. The molecule has 0 spiro atoms. The second kappa shape index (κ2) is 6.17. The summed E-state index contributed by atoms with van der Waals surface area (Å²) in [5, 5.41) is 3.38. The van der Waals surface area contributed by atoms with Crippen molar-refractivity contribution in [3.8, 4) is 0 Å². The van der Waals surface area contributed by atoms with Crippen LogP contribution in [0.3, 0.4) is 0 Å². The molecule has 0 aromatic carbocycles. The van der Waals surface area contributed by atoms with E-state index >= 15 is 0 Å². The summed E-state index contributed by atoms with van der Waals surface area (Å²) >= 11 is 0. The van der Waals surface area contributed by atoms with Gasteiger partial charge < -0.3 is 5.32 Å². The summed E-state index contributed by atoms with van der Waals surface area (Å²) in [6.45, 7) is 12.0. The maximum atomic E-state index is 4.09. The molecule has 2 nitrogen and oxygen atoms in total. The predicted molar refractivity (Wildman–Crippen MR) is 58.0 cm³/mol. The normalized spacial score (nSPS) is 17.9. The zero-order valence-electron chi connectivity index (χ0n) is 8.81. The molecule has 13 heavy (non-hydrogen) atoms. The van der Waals surface area contributed by atoms with Gasteiger partial charge in [0.25, 0.3) is 0 Å². The maximum absolute atomic E-state index is 4.09. The standard InChI is InChI=1S/C11H22N2/c1-3-6-12-9-11(2)10-13-7-4-5-8-13/h12H,2-10H2,1H3. The molecule has 2 heteroatoms. The molecule has 0 bridgehead atoms. The summed E-state index contributed by atoms with van der Waals surface area (Å²) in [7, 11) is 0. The summed E-state index contributed by atoms with van der Waals surface area (Å²) in [5.74, 6) is 0. The van der Waals surface area contributed by atoms with E-state index in [-0.39, 0.29) is 0 Å². The number of hydrogen-bond acceptors (Lipinski definition) is 2. The molecule has 1 fully saturated rings. The van der Waals surface area contributed by atoms with Crippen molar-refractivity contribution in [2.75, 3.05) is 32.7 Å². The lowest BCUT2D eigenvalue weighted by Crippen LogP contribution is -2.27. The fourth-order valence-electron chi connectivity index (χ4n) is 1.75. The number of likely N-dealkylation sites (tertiary alicyclic amines) is 1. The van der Waals surface area contributed by atoms with Crippen molar-refractivity contribution >= 4 is 0 Å². The second-order valence-electron chi connectivity index (χ2n) is 3.91. The molecule has 0 amide bonds. The summed E-state index contributed by atoms with van der Waals surface area (Å²) in [6, 6.07) is 0. The van der Waals surface area contributed by atoms with Crippen molar-refractivity contribution in [3.63, 3.8) is 0 Å². The van der Waals surface area contributed by atoms with Gasteiger partial charge in [-0.2, -0.15) is 0 Å². The Kier molecular flexibility index (Phi) is 5.09. The van der Waals surface area contributed by atoms with E-state index in [1.54, 1.807) is 0 Å². The molecule has 1 heterocycles. The van der Waals surface area contributed by atoms with Gasteiger partial charge in [-0.05, 0) is 44.5 Å². The lowest BCUT2D eigenvalue weighted by molar-refractivity contribution is 0.365.